The van der Waals surface area contributed by atoms with Crippen LogP contribution in [0.2, 0.25) is 0 Å². The van der Waals surface area contributed by atoms with Crippen LogP contribution in [0.25, 0.3) is 5.57 Å². The van der Waals surface area contributed by atoms with Gasteiger partial charge in [0.15, 0.2) is 6.17 Å². The topological polar surface area (TPSA) is 12.9 Å². The Morgan fingerprint density at radius 3 is 2.80 bits per heavy atom. The zero-order valence-electron chi connectivity index (χ0n) is 8.17. The van der Waals surface area contributed by atoms with E-state index in [-0.39, 0.29) is 5.57 Å². The fraction of sp³-hybridized carbons (Fsp3) is 0.167. The van der Waals surface area contributed by atoms with E-state index in [1.165, 1.54) is 0 Å². The summed E-state index contributed by atoms with van der Waals surface area (Å²) in [5.41, 5.74) is 4.33. The van der Waals surface area contributed by atoms with Gasteiger partial charge in [-0.15, -0.1) is 5.73 Å². The van der Waals surface area contributed by atoms with Crippen LogP contribution in [0.4, 0.5) is 8.78 Å². The molecule has 0 N–H and O–H groups in total. The van der Waals surface area contributed by atoms with Crippen molar-refractivity contribution in [2.75, 3.05) is 0 Å². The Balaban J connectivity index is 2.41. The number of allylic oxidation sites excluding steroid dienone is 3. The van der Waals surface area contributed by atoms with Crippen molar-refractivity contribution in [3.8, 4) is 0 Å². The molecule has 0 radical (unpaired) electrons. The molecule has 0 aliphatic heterocycles. The van der Waals surface area contributed by atoms with Crippen LogP contribution < -0.4 is 0 Å². The minimum Gasteiger partial charge on any atom is -0.256 e. The summed E-state index contributed by atoms with van der Waals surface area (Å²) in [5.74, 6) is -0.599. The highest BCUT2D eigenvalue weighted by molar-refractivity contribution is 5.69. The molecule has 1 atom stereocenters. The normalized spacial score (nSPS) is 19.8. The number of aromatic nitrogens is 1. The van der Waals surface area contributed by atoms with E-state index in [2.05, 4.69) is 10.7 Å². The summed E-state index contributed by atoms with van der Waals surface area (Å²) in [6, 6.07) is 3.54. The van der Waals surface area contributed by atoms with Crippen LogP contribution in [-0.2, 0) is 0 Å². The molecule has 2 rings (SSSR count). The van der Waals surface area contributed by atoms with Gasteiger partial charge in [0.25, 0.3) is 0 Å². The van der Waals surface area contributed by atoms with Gasteiger partial charge < -0.3 is 0 Å². The predicted octanol–water partition coefficient (Wildman–Crippen LogP) is 3.13. The summed E-state index contributed by atoms with van der Waals surface area (Å²) in [5, 5.41) is 0. The molecular weight excluding hydrogens is 196 g/mol. The van der Waals surface area contributed by atoms with Crippen LogP contribution in [0.15, 0.2) is 42.0 Å². The third-order valence-corrected chi connectivity index (χ3v) is 2.13. The van der Waals surface area contributed by atoms with Crippen LogP contribution in [-0.4, -0.2) is 11.2 Å². The Kier molecular flexibility index (Phi) is 2.48. The van der Waals surface area contributed by atoms with Crippen molar-refractivity contribution in [2.24, 2.45) is 0 Å². The molecule has 1 aromatic rings. The molecule has 0 spiro atoms. The molecule has 0 fully saturated rings. The molecule has 76 valence electrons. The van der Waals surface area contributed by atoms with E-state index in [1.807, 2.05) is 13.0 Å². The average molecular weight is 205 g/mol. The van der Waals surface area contributed by atoms with Crippen molar-refractivity contribution in [2.45, 2.75) is 13.1 Å². The molecule has 1 nitrogen and oxygen atoms in total. The number of rotatable bonds is 1. The van der Waals surface area contributed by atoms with Crippen molar-refractivity contribution < 1.29 is 8.78 Å². The zero-order chi connectivity index (χ0) is 10.8. The number of hydrogen-bond acceptors (Lipinski definition) is 1. The second kappa shape index (κ2) is 3.79. The molecule has 1 heterocycles. The van der Waals surface area contributed by atoms with Crippen LogP contribution in [0.3, 0.4) is 0 Å². The first-order valence-corrected chi connectivity index (χ1v) is 4.58. The second-order valence-corrected chi connectivity index (χ2v) is 3.38. The van der Waals surface area contributed by atoms with E-state index in [0.717, 1.165) is 17.7 Å². The van der Waals surface area contributed by atoms with E-state index < -0.39 is 12.0 Å². The molecule has 0 aromatic carbocycles. The highest BCUT2D eigenvalue weighted by Gasteiger charge is 2.16. The van der Waals surface area contributed by atoms with Gasteiger partial charge in [0, 0.05) is 12.3 Å². The van der Waals surface area contributed by atoms with Gasteiger partial charge in [-0.1, -0.05) is 6.07 Å². The lowest BCUT2D eigenvalue weighted by atomic mass is 10.0. The van der Waals surface area contributed by atoms with Crippen molar-refractivity contribution in [3.05, 3.63) is 53.3 Å². The van der Waals surface area contributed by atoms with E-state index >= 15 is 0 Å². The Hall–Kier alpha value is -1.73. The monoisotopic (exact) mass is 205 g/mol. The van der Waals surface area contributed by atoms with Gasteiger partial charge >= 0.3 is 0 Å². The second-order valence-electron chi connectivity index (χ2n) is 3.38. The number of alkyl halides is 1. The third kappa shape index (κ3) is 2.03. The quantitative estimate of drug-likeness (QED) is 0.642. The van der Waals surface area contributed by atoms with Gasteiger partial charge in [-0.3, -0.25) is 4.98 Å². The number of aryl methyl sites for hydroxylation is 1. The molecule has 1 unspecified atom stereocenters. The Labute approximate surface area is 86.5 Å². The summed E-state index contributed by atoms with van der Waals surface area (Å²) in [6.07, 6.45) is 2.20. The highest BCUT2D eigenvalue weighted by atomic mass is 19.1. The average Bonchev–Trinajstić information content (AvgIpc) is 2.20. The molecule has 0 amide bonds. The van der Waals surface area contributed by atoms with E-state index in [9.17, 15) is 8.78 Å². The van der Waals surface area contributed by atoms with E-state index in [1.54, 1.807) is 12.3 Å². The van der Waals surface area contributed by atoms with Crippen molar-refractivity contribution >= 4 is 5.57 Å². The molecule has 1 aliphatic rings. The molecule has 0 saturated heterocycles. The van der Waals surface area contributed by atoms with Crippen molar-refractivity contribution in [1.29, 1.82) is 0 Å². The smallest absolute Gasteiger partial charge is 0.156 e. The summed E-state index contributed by atoms with van der Waals surface area (Å²) >= 11 is 0. The van der Waals surface area contributed by atoms with E-state index in [0.29, 0.717) is 5.69 Å². The molecule has 3 heteroatoms. The van der Waals surface area contributed by atoms with E-state index in [4.69, 9.17) is 0 Å². The SMILES string of the molecule is Cc1ccc(C2=C=CC(F)=CC2F)nc1. The molecule has 1 aromatic heterocycles. The first-order chi connectivity index (χ1) is 7.16. The Morgan fingerprint density at radius 1 is 1.40 bits per heavy atom. The first-order valence-electron chi connectivity index (χ1n) is 4.58. The van der Waals surface area contributed by atoms with Crippen molar-refractivity contribution in [1.82, 2.24) is 4.98 Å². The maximum atomic E-state index is 13.4. The Morgan fingerprint density at radius 2 is 2.20 bits per heavy atom. The maximum absolute atomic E-state index is 13.4. The van der Waals surface area contributed by atoms with Crippen LogP contribution in [0.5, 0.6) is 0 Å². The van der Waals surface area contributed by atoms with Gasteiger partial charge in [-0.2, -0.15) is 0 Å². The standard InChI is InChI=1S/C12H9F2N/c1-8-2-5-12(15-7-8)10-4-3-9(13)6-11(10)14/h2-3,5-7,11H,1H3. The third-order valence-electron chi connectivity index (χ3n) is 2.13. The Bertz CT molecular complexity index is 465. The highest BCUT2D eigenvalue weighted by Crippen LogP contribution is 2.24. The summed E-state index contributed by atoms with van der Waals surface area (Å²) in [6.45, 7) is 1.90. The molecule has 0 bridgehead atoms. The summed E-state index contributed by atoms with van der Waals surface area (Å²) in [4.78, 5) is 4.07. The van der Waals surface area contributed by atoms with Gasteiger partial charge in [0.1, 0.15) is 5.83 Å². The van der Waals surface area contributed by atoms with Gasteiger partial charge in [-0.25, -0.2) is 8.78 Å². The molecule has 0 saturated carbocycles. The number of halogens is 2. The lowest BCUT2D eigenvalue weighted by Crippen LogP contribution is -2.04. The number of nitrogens with zero attached hydrogens (tertiary/aromatic N) is 1. The first kappa shape index (κ1) is 9.81. The minimum absolute atomic E-state index is 0.274. The molecular formula is C12H9F2N. The maximum Gasteiger partial charge on any atom is 0.156 e. The van der Waals surface area contributed by atoms with Gasteiger partial charge in [0.2, 0.25) is 0 Å². The number of hydrogen-bond donors (Lipinski definition) is 0. The fourth-order valence-corrected chi connectivity index (χ4v) is 1.34. The molecule has 1 aliphatic carbocycles. The summed E-state index contributed by atoms with van der Waals surface area (Å²) in [7, 11) is 0. The molecule has 15 heavy (non-hydrogen) atoms. The lowest BCUT2D eigenvalue weighted by Gasteiger charge is -2.09. The van der Waals surface area contributed by atoms with Crippen LogP contribution >= 0.6 is 0 Å². The van der Waals surface area contributed by atoms with Crippen molar-refractivity contribution in [3.63, 3.8) is 0 Å². The van der Waals surface area contributed by atoms with Gasteiger partial charge in [0.05, 0.1) is 11.3 Å². The van der Waals surface area contributed by atoms with Crippen LogP contribution in [0, 0.1) is 6.92 Å². The minimum atomic E-state index is -1.47. The van der Waals surface area contributed by atoms with Crippen LogP contribution in [0.1, 0.15) is 11.3 Å². The predicted molar refractivity (Wildman–Crippen MR) is 54.6 cm³/mol. The van der Waals surface area contributed by atoms with Gasteiger partial charge in [-0.05, 0) is 24.6 Å². The fourth-order valence-electron chi connectivity index (χ4n) is 1.34. The summed E-state index contributed by atoms with van der Waals surface area (Å²) < 4.78 is 26.1. The lowest BCUT2D eigenvalue weighted by molar-refractivity contribution is 0.468. The largest absolute Gasteiger partial charge is 0.256 e. The zero-order valence-corrected chi connectivity index (χ0v) is 8.17. The number of pyridine rings is 1.